The number of alkyl halides is 1. The van der Waals surface area contributed by atoms with Gasteiger partial charge in [0.05, 0.1) is 0 Å². The van der Waals surface area contributed by atoms with Crippen LogP contribution in [0, 0.1) is 5.92 Å². The Morgan fingerprint density at radius 1 is 1.47 bits per heavy atom. The lowest BCUT2D eigenvalue weighted by atomic mass is 9.85. The highest BCUT2D eigenvalue weighted by atomic mass is 35.5. The van der Waals surface area contributed by atoms with Crippen LogP contribution < -0.4 is 5.32 Å². The predicted molar refractivity (Wildman–Crippen MR) is 58.8 cm³/mol. The third kappa shape index (κ3) is 4.08. The Bertz CT molecular complexity index is 242. The number of hydrogen-bond donors (Lipinski definition) is 1. The minimum absolute atomic E-state index is 0.185. The van der Waals surface area contributed by atoms with E-state index in [0.29, 0.717) is 5.92 Å². The van der Waals surface area contributed by atoms with Crippen molar-refractivity contribution in [1.82, 2.24) is 10.2 Å². The fourth-order valence-corrected chi connectivity index (χ4v) is 1.68. The largest absolute Gasteiger partial charge is 0.327 e. The summed E-state index contributed by atoms with van der Waals surface area (Å²) in [5.41, 5.74) is 0. The standard InChI is InChI=1S/C10H17ClN2O2/c1-13(7-8-3-2-4-8)10(15)12-9(14)5-6-11/h8H,2-7H2,1H3,(H,12,14,15). The minimum Gasteiger partial charge on any atom is -0.327 e. The molecule has 15 heavy (non-hydrogen) atoms. The molecule has 5 heteroatoms. The number of carbonyl (C=O) groups is 2. The molecule has 1 rings (SSSR count). The molecule has 1 aliphatic rings. The Kier molecular flexibility index (Phi) is 4.88. The molecular formula is C10H17ClN2O2. The number of urea groups is 1. The van der Waals surface area contributed by atoms with E-state index in [1.807, 2.05) is 0 Å². The molecule has 0 saturated heterocycles. The van der Waals surface area contributed by atoms with Gasteiger partial charge in [-0.2, -0.15) is 0 Å². The molecule has 0 aromatic rings. The van der Waals surface area contributed by atoms with E-state index < -0.39 is 0 Å². The monoisotopic (exact) mass is 232 g/mol. The second kappa shape index (κ2) is 5.95. The first kappa shape index (κ1) is 12.3. The van der Waals surface area contributed by atoms with Crippen molar-refractivity contribution in [3.8, 4) is 0 Å². The minimum atomic E-state index is -0.322. The summed E-state index contributed by atoms with van der Waals surface area (Å²) in [4.78, 5) is 24.1. The van der Waals surface area contributed by atoms with Gasteiger partial charge in [-0.15, -0.1) is 11.6 Å². The summed E-state index contributed by atoms with van der Waals surface area (Å²) >= 11 is 5.39. The van der Waals surface area contributed by atoms with Gasteiger partial charge in [0.1, 0.15) is 0 Å². The Morgan fingerprint density at radius 3 is 2.60 bits per heavy atom. The third-order valence-electron chi connectivity index (χ3n) is 2.67. The van der Waals surface area contributed by atoms with Crippen LogP contribution in [0.5, 0.6) is 0 Å². The van der Waals surface area contributed by atoms with Crippen molar-refractivity contribution in [1.29, 1.82) is 0 Å². The maximum absolute atomic E-state index is 11.5. The lowest BCUT2D eigenvalue weighted by Crippen LogP contribution is -2.43. The molecular weight excluding hydrogens is 216 g/mol. The van der Waals surface area contributed by atoms with Crippen LogP contribution in [0.1, 0.15) is 25.7 Å². The lowest BCUT2D eigenvalue weighted by Gasteiger charge is -2.29. The molecule has 4 nitrogen and oxygen atoms in total. The summed E-state index contributed by atoms with van der Waals surface area (Å²) in [5.74, 6) is 0.546. The zero-order valence-electron chi connectivity index (χ0n) is 8.96. The van der Waals surface area contributed by atoms with Gasteiger partial charge in [-0.3, -0.25) is 10.1 Å². The van der Waals surface area contributed by atoms with E-state index in [1.165, 1.54) is 19.3 Å². The molecule has 1 saturated carbocycles. The van der Waals surface area contributed by atoms with E-state index in [4.69, 9.17) is 11.6 Å². The predicted octanol–water partition coefficient (Wildman–Crippen LogP) is 1.58. The zero-order valence-corrected chi connectivity index (χ0v) is 9.72. The van der Waals surface area contributed by atoms with Gasteiger partial charge in [-0.05, 0) is 18.8 Å². The zero-order chi connectivity index (χ0) is 11.3. The number of halogens is 1. The van der Waals surface area contributed by atoms with E-state index in [0.717, 1.165) is 6.54 Å². The van der Waals surface area contributed by atoms with E-state index in [2.05, 4.69) is 5.32 Å². The second-order valence-corrected chi connectivity index (χ2v) is 4.35. The first-order valence-electron chi connectivity index (χ1n) is 5.24. The summed E-state index contributed by atoms with van der Waals surface area (Å²) < 4.78 is 0. The van der Waals surface area contributed by atoms with Crippen LogP contribution in [0.3, 0.4) is 0 Å². The van der Waals surface area contributed by atoms with E-state index >= 15 is 0 Å². The number of imide groups is 1. The number of nitrogens with one attached hydrogen (secondary N) is 1. The Morgan fingerprint density at radius 2 is 2.13 bits per heavy atom. The first-order valence-corrected chi connectivity index (χ1v) is 5.78. The average molecular weight is 233 g/mol. The van der Waals surface area contributed by atoms with Crippen molar-refractivity contribution < 1.29 is 9.59 Å². The van der Waals surface area contributed by atoms with Crippen molar-refractivity contribution in [2.45, 2.75) is 25.7 Å². The highest BCUT2D eigenvalue weighted by Gasteiger charge is 2.21. The highest BCUT2D eigenvalue weighted by molar-refractivity contribution is 6.19. The first-order chi connectivity index (χ1) is 7.13. The molecule has 0 spiro atoms. The SMILES string of the molecule is CN(CC1CCC1)C(=O)NC(=O)CCCl. The molecule has 0 aromatic heterocycles. The molecule has 3 amide bonds. The molecule has 0 radical (unpaired) electrons. The Balaban J connectivity index is 2.22. The normalized spacial score (nSPS) is 15.6. The van der Waals surface area contributed by atoms with Crippen LogP contribution in [0.2, 0.25) is 0 Å². The molecule has 0 aliphatic heterocycles. The van der Waals surface area contributed by atoms with Crippen molar-refractivity contribution in [2.24, 2.45) is 5.92 Å². The highest BCUT2D eigenvalue weighted by Crippen LogP contribution is 2.26. The van der Waals surface area contributed by atoms with Gasteiger partial charge in [-0.25, -0.2) is 4.79 Å². The van der Waals surface area contributed by atoms with Crippen LogP contribution in [0.4, 0.5) is 4.79 Å². The average Bonchev–Trinajstić information content (AvgIpc) is 2.11. The molecule has 0 heterocycles. The third-order valence-corrected chi connectivity index (χ3v) is 2.86. The summed E-state index contributed by atoms with van der Waals surface area (Å²) in [7, 11) is 1.71. The lowest BCUT2D eigenvalue weighted by molar-refractivity contribution is -0.119. The van der Waals surface area contributed by atoms with E-state index in [9.17, 15) is 9.59 Å². The topological polar surface area (TPSA) is 49.4 Å². The molecule has 0 unspecified atom stereocenters. The fourth-order valence-electron chi connectivity index (χ4n) is 1.51. The van der Waals surface area contributed by atoms with Crippen LogP contribution in [-0.2, 0) is 4.79 Å². The van der Waals surface area contributed by atoms with E-state index in [1.54, 1.807) is 11.9 Å². The molecule has 1 aliphatic carbocycles. The van der Waals surface area contributed by atoms with Gasteiger partial charge in [-0.1, -0.05) is 6.42 Å². The van der Waals surface area contributed by atoms with Crippen LogP contribution >= 0.6 is 11.6 Å². The summed E-state index contributed by atoms with van der Waals surface area (Å²) in [6.07, 6.45) is 3.82. The Hall–Kier alpha value is -0.770. The van der Waals surface area contributed by atoms with Crippen molar-refractivity contribution in [3.63, 3.8) is 0 Å². The Labute approximate surface area is 95.0 Å². The van der Waals surface area contributed by atoms with E-state index in [-0.39, 0.29) is 24.2 Å². The summed E-state index contributed by atoms with van der Waals surface area (Å²) in [6.45, 7) is 0.736. The molecule has 1 fully saturated rings. The van der Waals surface area contributed by atoms with Crippen molar-refractivity contribution in [2.75, 3.05) is 19.5 Å². The van der Waals surface area contributed by atoms with Crippen LogP contribution in [0.25, 0.3) is 0 Å². The molecule has 0 atom stereocenters. The number of carbonyl (C=O) groups excluding carboxylic acids is 2. The molecule has 0 aromatic carbocycles. The van der Waals surface area contributed by atoms with Gasteiger partial charge < -0.3 is 4.90 Å². The fraction of sp³-hybridized carbons (Fsp3) is 0.800. The molecule has 1 N–H and O–H groups in total. The van der Waals surface area contributed by atoms with Gasteiger partial charge in [0.2, 0.25) is 5.91 Å². The maximum atomic E-state index is 11.5. The second-order valence-electron chi connectivity index (χ2n) is 3.97. The van der Waals surface area contributed by atoms with Gasteiger partial charge in [0, 0.05) is 25.9 Å². The molecule has 86 valence electrons. The van der Waals surface area contributed by atoms with Crippen LogP contribution in [-0.4, -0.2) is 36.3 Å². The summed E-state index contributed by atoms with van der Waals surface area (Å²) in [6, 6.07) is -0.322. The van der Waals surface area contributed by atoms with Gasteiger partial charge >= 0.3 is 6.03 Å². The number of hydrogen-bond acceptors (Lipinski definition) is 2. The van der Waals surface area contributed by atoms with Crippen molar-refractivity contribution in [3.05, 3.63) is 0 Å². The quantitative estimate of drug-likeness (QED) is 0.749. The summed E-state index contributed by atoms with van der Waals surface area (Å²) in [5, 5.41) is 2.30. The van der Waals surface area contributed by atoms with Gasteiger partial charge in [0.25, 0.3) is 0 Å². The van der Waals surface area contributed by atoms with Gasteiger partial charge in [0.15, 0.2) is 0 Å². The number of rotatable bonds is 4. The molecule has 0 bridgehead atoms. The number of amides is 3. The van der Waals surface area contributed by atoms with Crippen molar-refractivity contribution >= 4 is 23.5 Å². The number of nitrogens with zero attached hydrogens (tertiary/aromatic N) is 1. The van der Waals surface area contributed by atoms with Crippen LogP contribution in [0.15, 0.2) is 0 Å². The maximum Gasteiger partial charge on any atom is 0.323 e. The smallest absolute Gasteiger partial charge is 0.323 e.